The lowest BCUT2D eigenvalue weighted by Gasteiger charge is -2.20. The molecule has 0 saturated carbocycles. The summed E-state index contributed by atoms with van der Waals surface area (Å²) in [6.07, 6.45) is 0. The number of fused-ring (bicyclic) bond motifs is 2. The highest BCUT2D eigenvalue weighted by Gasteiger charge is 2.33. The van der Waals surface area contributed by atoms with Gasteiger partial charge in [-0.05, 0) is 42.0 Å². The smallest absolute Gasteiger partial charge is 0.337 e. The lowest BCUT2D eigenvalue weighted by molar-refractivity contribution is 0.0600. The van der Waals surface area contributed by atoms with Crippen LogP contribution in [0.15, 0.2) is 91.2 Å². The van der Waals surface area contributed by atoms with Crippen LogP contribution in [0.5, 0.6) is 11.9 Å². The number of aromatic hydroxyl groups is 1. The minimum absolute atomic E-state index is 0.0000934. The van der Waals surface area contributed by atoms with Crippen LogP contribution in [0.1, 0.15) is 33.0 Å². The Morgan fingerprint density at radius 3 is 1.92 bits per heavy atom. The summed E-state index contributed by atoms with van der Waals surface area (Å²) >= 11 is 0. The maximum Gasteiger partial charge on any atom is 0.337 e. The van der Waals surface area contributed by atoms with Crippen molar-refractivity contribution in [2.75, 3.05) is 14.2 Å². The second kappa shape index (κ2) is 9.07. The van der Waals surface area contributed by atoms with Crippen molar-refractivity contribution >= 4 is 27.9 Å². The van der Waals surface area contributed by atoms with Gasteiger partial charge in [-0.2, -0.15) is 0 Å². The third-order valence-corrected chi connectivity index (χ3v) is 6.04. The number of ether oxygens (including phenoxy) is 2. The maximum absolute atomic E-state index is 13.8. The molecule has 2 aromatic heterocycles. The molecule has 0 aliphatic heterocycles. The normalized spacial score (nSPS) is 11.9. The van der Waals surface area contributed by atoms with Crippen molar-refractivity contribution in [1.29, 1.82) is 0 Å². The minimum Gasteiger partial charge on any atom is -0.480 e. The molecule has 5 rings (SSSR count). The van der Waals surface area contributed by atoms with Gasteiger partial charge in [0.1, 0.15) is 11.2 Å². The fourth-order valence-electron chi connectivity index (χ4n) is 4.34. The average molecular weight is 484 g/mol. The van der Waals surface area contributed by atoms with Crippen LogP contribution in [0.4, 0.5) is 0 Å². The van der Waals surface area contributed by atoms with Crippen LogP contribution >= 0.6 is 0 Å². The molecule has 36 heavy (non-hydrogen) atoms. The van der Waals surface area contributed by atoms with Gasteiger partial charge in [-0.25, -0.2) is 4.79 Å². The van der Waals surface area contributed by atoms with Crippen molar-refractivity contribution in [3.05, 3.63) is 115 Å². The number of para-hydroxylation sites is 2. The van der Waals surface area contributed by atoms with Gasteiger partial charge in [0.15, 0.2) is 0 Å². The first kappa shape index (κ1) is 22.9. The van der Waals surface area contributed by atoms with Gasteiger partial charge >= 0.3 is 5.97 Å². The van der Waals surface area contributed by atoms with E-state index in [1.54, 1.807) is 60.7 Å². The highest BCUT2D eigenvalue weighted by Crippen LogP contribution is 2.39. The van der Waals surface area contributed by atoms with Crippen LogP contribution in [0.25, 0.3) is 21.9 Å². The van der Waals surface area contributed by atoms with E-state index in [4.69, 9.17) is 18.3 Å². The van der Waals surface area contributed by atoms with Crippen LogP contribution in [-0.4, -0.2) is 25.3 Å². The zero-order valence-corrected chi connectivity index (χ0v) is 19.3. The molecule has 1 atom stereocenters. The van der Waals surface area contributed by atoms with Crippen molar-refractivity contribution in [2.45, 2.75) is 5.92 Å². The molecule has 2 heterocycles. The average Bonchev–Trinajstić information content (AvgIpc) is 2.91. The molecule has 0 amide bonds. The van der Waals surface area contributed by atoms with Crippen molar-refractivity contribution in [3.63, 3.8) is 0 Å². The SMILES string of the molecule is COC(=O)c1ccc(C(c2c(O)oc3ccccc3c2=O)c2c(OC)oc3ccccc3c2=O)cc1. The molecule has 1 N–H and O–H groups in total. The zero-order valence-electron chi connectivity index (χ0n) is 19.3. The topological polar surface area (TPSA) is 116 Å². The van der Waals surface area contributed by atoms with Gasteiger partial charge in [0, 0.05) is 0 Å². The quantitative estimate of drug-likeness (QED) is 0.361. The first-order valence-electron chi connectivity index (χ1n) is 11.0. The largest absolute Gasteiger partial charge is 0.480 e. The molecule has 1 unspecified atom stereocenters. The van der Waals surface area contributed by atoms with E-state index in [2.05, 4.69) is 0 Å². The predicted octanol–water partition coefficient (Wildman–Crippen LogP) is 4.58. The maximum atomic E-state index is 13.8. The summed E-state index contributed by atoms with van der Waals surface area (Å²) in [6, 6.07) is 19.3. The predicted molar refractivity (Wildman–Crippen MR) is 132 cm³/mol. The molecule has 5 aromatic rings. The van der Waals surface area contributed by atoms with Crippen molar-refractivity contribution in [3.8, 4) is 11.9 Å². The lowest BCUT2D eigenvalue weighted by atomic mass is 9.84. The van der Waals surface area contributed by atoms with Gasteiger partial charge in [-0.15, -0.1) is 0 Å². The summed E-state index contributed by atoms with van der Waals surface area (Å²) < 4.78 is 21.7. The molecule has 0 spiro atoms. The van der Waals surface area contributed by atoms with Gasteiger partial charge in [-0.3, -0.25) is 9.59 Å². The van der Waals surface area contributed by atoms with Crippen LogP contribution in [0.2, 0.25) is 0 Å². The molecule has 0 aliphatic rings. The Morgan fingerprint density at radius 2 is 1.33 bits per heavy atom. The Morgan fingerprint density at radius 1 is 0.778 bits per heavy atom. The molecule has 0 fully saturated rings. The molecule has 0 saturated heterocycles. The van der Waals surface area contributed by atoms with Crippen LogP contribution in [-0.2, 0) is 4.74 Å². The molecule has 180 valence electrons. The van der Waals surface area contributed by atoms with E-state index < -0.39 is 28.7 Å². The number of esters is 1. The highest BCUT2D eigenvalue weighted by molar-refractivity contribution is 5.89. The number of carbonyl (C=O) groups is 1. The van der Waals surface area contributed by atoms with Gasteiger partial charge in [0.05, 0.1) is 47.6 Å². The monoisotopic (exact) mass is 484 g/mol. The summed E-state index contributed by atoms with van der Waals surface area (Å²) in [4.78, 5) is 39.4. The molecule has 8 nitrogen and oxygen atoms in total. The van der Waals surface area contributed by atoms with E-state index in [0.29, 0.717) is 11.1 Å². The molecule has 3 aromatic carbocycles. The first-order valence-corrected chi connectivity index (χ1v) is 11.0. The summed E-state index contributed by atoms with van der Waals surface area (Å²) in [6.45, 7) is 0. The zero-order chi connectivity index (χ0) is 25.4. The molecule has 0 radical (unpaired) electrons. The Bertz CT molecular complexity index is 1730. The van der Waals surface area contributed by atoms with Crippen LogP contribution < -0.4 is 15.6 Å². The summed E-state index contributed by atoms with van der Waals surface area (Å²) in [5.74, 6) is -2.45. The first-order chi connectivity index (χ1) is 17.4. The highest BCUT2D eigenvalue weighted by atomic mass is 16.6. The van der Waals surface area contributed by atoms with E-state index in [1.165, 1.54) is 26.4 Å². The molecule has 8 heteroatoms. The Kier molecular flexibility index (Phi) is 5.77. The number of methoxy groups -OCH3 is 2. The lowest BCUT2D eigenvalue weighted by Crippen LogP contribution is -2.23. The molecule has 0 bridgehead atoms. The third kappa shape index (κ3) is 3.69. The fourth-order valence-corrected chi connectivity index (χ4v) is 4.34. The van der Waals surface area contributed by atoms with E-state index in [9.17, 15) is 19.5 Å². The van der Waals surface area contributed by atoms with Crippen LogP contribution in [0.3, 0.4) is 0 Å². The summed E-state index contributed by atoms with van der Waals surface area (Å²) in [5, 5.41) is 11.4. The molecular weight excluding hydrogens is 464 g/mol. The Labute approximate surface area is 203 Å². The fraction of sp³-hybridized carbons (Fsp3) is 0.107. The standard InChI is InChI=1S/C28H20O8/c1-33-26(31)16-13-11-15(12-14-16)21(22-24(29)17-7-3-5-9-19(17)35-27(22)32)23-25(30)18-8-4-6-10-20(18)36-28(23)34-2/h3-14,21,32H,1-2H3. The second-order valence-corrected chi connectivity index (χ2v) is 8.03. The van der Waals surface area contributed by atoms with E-state index in [-0.39, 0.29) is 39.0 Å². The number of hydrogen-bond donors (Lipinski definition) is 1. The van der Waals surface area contributed by atoms with Gasteiger partial charge in [-0.1, -0.05) is 36.4 Å². The minimum atomic E-state index is -1.15. The van der Waals surface area contributed by atoms with E-state index in [0.717, 1.165) is 0 Å². The van der Waals surface area contributed by atoms with Gasteiger partial charge in [0.2, 0.25) is 10.9 Å². The molecule has 0 aliphatic carbocycles. The number of benzene rings is 3. The van der Waals surface area contributed by atoms with Crippen molar-refractivity contribution in [2.24, 2.45) is 0 Å². The van der Waals surface area contributed by atoms with E-state index >= 15 is 0 Å². The van der Waals surface area contributed by atoms with Crippen molar-refractivity contribution in [1.82, 2.24) is 0 Å². The number of rotatable bonds is 5. The third-order valence-electron chi connectivity index (χ3n) is 6.04. The Hall–Kier alpha value is -4.85. The summed E-state index contributed by atoms with van der Waals surface area (Å²) in [5.41, 5.74) is 0.0569. The van der Waals surface area contributed by atoms with E-state index in [1.807, 2.05) is 0 Å². The van der Waals surface area contributed by atoms with Crippen LogP contribution in [0, 0.1) is 0 Å². The number of carbonyl (C=O) groups excluding carboxylic acids is 1. The Balaban J connectivity index is 1.88. The summed E-state index contributed by atoms with van der Waals surface area (Å²) in [7, 11) is 2.61. The second-order valence-electron chi connectivity index (χ2n) is 8.03. The van der Waals surface area contributed by atoms with Crippen molar-refractivity contribution < 1.29 is 28.2 Å². The van der Waals surface area contributed by atoms with Gasteiger partial charge in [0.25, 0.3) is 11.9 Å². The number of hydrogen-bond acceptors (Lipinski definition) is 8. The van der Waals surface area contributed by atoms with Gasteiger partial charge < -0.3 is 23.4 Å². The molecular formula is C28H20O8.